The summed E-state index contributed by atoms with van der Waals surface area (Å²) in [5.41, 5.74) is 8.32. The fourth-order valence-electron chi connectivity index (χ4n) is 11.3. The van der Waals surface area contributed by atoms with Crippen LogP contribution >= 0.6 is 0 Å². The Morgan fingerprint density at radius 2 is 0.929 bits per heavy atom. The van der Waals surface area contributed by atoms with Crippen LogP contribution in [0.4, 0.5) is 0 Å². The van der Waals surface area contributed by atoms with Gasteiger partial charge in [-0.25, -0.2) is 29.3 Å². The van der Waals surface area contributed by atoms with Gasteiger partial charge in [-0.1, -0.05) is 50.7 Å². The summed E-state index contributed by atoms with van der Waals surface area (Å²) in [6.45, 7) is 3.06. The summed E-state index contributed by atoms with van der Waals surface area (Å²) in [7, 11) is 0.779. The third kappa shape index (κ3) is 19.5. The predicted octanol–water partition coefficient (Wildman–Crippen LogP) is 2.72. The van der Waals surface area contributed by atoms with Crippen molar-refractivity contribution >= 4 is 66.0 Å². The molecule has 0 bridgehead atoms. The first-order valence-electron chi connectivity index (χ1n) is 28.1. The summed E-state index contributed by atoms with van der Waals surface area (Å²) in [5, 5.41) is 27.6. The third-order valence-corrected chi connectivity index (χ3v) is 16.7. The van der Waals surface area contributed by atoms with Gasteiger partial charge in [0.2, 0.25) is 11.8 Å². The molecule has 85 heavy (non-hydrogen) atoms. The Bertz CT molecular complexity index is 3440. The predicted molar refractivity (Wildman–Crippen MR) is 323 cm³/mol. The molecule has 0 saturated heterocycles. The van der Waals surface area contributed by atoms with Crippen molar-refractivity contribution < 1.29 is 90.4 Å². The Hall–Kier alpha value is -5.94. The minimum absolute atomic E-state index is 0. The number of carboxylic acids is 1. The molecule has 2 amide bonds. The summed E-state index contributed by atoms with van der Waals surface area (Å²) in [6, 6.07) is 26.4. The number of nitrogens with zero attached hydrogens (tertiary/aromatic N) is 4. The summed E-state index contributed by atoms with van der Waals surface area (Å²) in [4.78, 5) is 54.8. The van der Waals surface area contributed by atoms with Gasteiger partial charge in [-0.3, -0.25) is 9.59 Å². The zero-order valence-electron chi connectivity index (χ0n) is 49.5. The van der Waals surface area contributed by atoms with E-state index in [1.54, 1.807) is 32.4 Å². The van der Waals surface area contributed by atoms with Gasteiger partial charge < -0.3 is 54.4 Å². The number of nitrogens with two attached hydrogens (primary N) is 2. The van der Waals surface area contributed by atoms with E-state index in [0.29, 0.717) is 56.7 Å². The van der Waals surface area contributed by atoms with Crippen LogP contribution in [0.3, 0.4) is 0 Å². The van der Waals surface area contributed by atoms with E-state index in [9.17, 15) is 41.1 Å². The maximum atomic E-state index is 13.4. The molecule has 0 radical (unpaired) electrons. The minimum Gasteiger partial charge on any atom is -0.870 e. The van der Waals surface area contributed by atoms with Gasteiger partial charge in [0, 0.05) is 63.1 Å². The third-order valence-electron chi connectivity index (χ3n) is 15.5. The molecule has 10 N–H and O–H groups in total. The van der Waals surface area contributed by atoms with Gasteiger partial charge in [0.1, 0.15) is 24.6 Å². The summed E-state index contributed by atoms with van der Waals surface area (Å²) >= 11 is 0. The number of likely N-dealkylation sites (N-methyl/N-ethyl adjacent to an activating group) is 2. The number of rotatable bonds is 26. The van der Waals surface area contributed by atoms with Gasteiger partial charge >= 0.3 is 41.5 Å². The normalized spacial score (nSPS) is 14.0. The number of carboxylic acid groups (broad SMARTS) is 1. The van der Waals surface area contributed by atoms with Crippen LogP contribution in [-0.2, 0) is 47.8 Å². The Morgan fingerprint density at radius 1 is 0.565 bits per heavy atom. The Labute approximate surface area is 520 Å². The molecule has 23 nitrogen and oxygen atoms in total. The molecule has 2 aliphatic carbocycles. The monoisotopic (exact) mass is 1220 g/mol. The Morgan fingerprint density at radius 3 is 1.28 bits per heavy atom. The van der Waals surface area contributed by atoms with E-state index in [-0.39, 0.29) is 78.6 Å². The van der Waals surface area contributed by atoms with Crippen LogP contribution in [0.15, 0.2) is 84.9 Å². The molecule has 0 spiro atoms. The quantitative estimate of drug-likeness (QED) is 0.0303. The summed E-state index contributed by atoms with van der Waals surface area (Å²) in [5.74, 6) is 0.294. The van der Waals surface area contributed by atoms with Crippen molar-refractivity contribution in [1.29, 1.82) is 0 Å². The molecule has 26 heteroatoms. The molecular weight excluding hydrogens is 1140 g/mol. The standard InChI is InChI=1S/C30H41N5O6S.C29H39N5O6S.Na.H2O/c1-34(18-16-33-42(31,38)39)17-15-32-27(36)20-35-26-19-23(30(37)41-3)11-14-25(26)28(21-7-5-4-6-8-21)29(35)22-9-12-24(40-2)13-10-22;1-33(17-15-32-41(30,38)39)16-14-31-26(35)19-34-25-18-22(29(36)37)10-13-24(25)27(20-6-4-3-5-7-20)28(34)21-8-11-23(40-2)12-9-21;;/h9-14,19,21,33H,4-8,15-18,20H2,1-3H3,(H,32,36)(H2,31,38,39);8-13,18,20,32H,3-7,14-17,19H2,1-2H3,(H,31,35)(H,36,37)(H2,30,38,39);;1H2/q;;+1;/p-1. The molecule has 0 atom stereocenters. The average molecular weight is 1230 g/mol. The smallest absolute Gasteiger partial charge is 0.870 e. The molecule has 2 heterocycles. The number of benzene rings is 4. The number of fused-ring (bicyclic) bond motifs is 2. The van der Waals surface area contributed by atoms with E-state index in [1.165, 1.54) is 25.5 Å². The van der Waals surface area contributed by atoms with E-state index in [4.69, 9.17) is 24.5 Å². The van der Waals surface area contributed by atoms with Crippen molar-refractivity contribution in [2.75, 3.05) is 87.8 Å². The summed E-state index contributed by atoms with van der Waals surface area (Å²) < 4.78 is 68.5. The van der Waals surface area contributed by atoms with Crippen LogP contribution in [0, 0.1) is 0 Å². The van der Waals surface area contributed by atoms with Gasteiger partial charge in [0.15, 0.2) is 0 Å². The van der Waals surface area contributed by atoms with Gasteiger partial charge in [-0.2, -0.15) is 16.8 Å². The van der Waals surface area contributed by atoms with Crippen molar-refractivity contribution in [3.05, 3.63) is 107 Å². The Balaban J connectivity index is 0.000000304. The first kappa shape index (κ1) is 69.8. The van der Waals surface area contributed by atoms with E-state index in [1.807, 2.05) is 99.8 Å². The molecular formula is C59H81N10NaO13S2. The molecule has 8 rings (SSSR count). The topological polar surface area (TPSA) is 331 Å². The van der Waals surface area contributed by atoms with Gasteiger partial charge in [-0.15, -0.1) is 0 Å². The number of nitrogens with one attached hydrogen (secondary N) is 4. The number of aromatic nitrogens is 2. The van der Waals surface area contributed by atoms with E-state index in [0.717, 1.165) is 113 Å². The largest absolute Gasteiger partial charge is 1.00 e. The zero-order valence-corrected chi connectivity index (χ0v) is 53.2. The van der Waals surface area contributed by atoms with Crippen molar-refractivity contribution in [1.82, 2.24) is 39.0 Å². The maximum absolute atomic E-state index is 13.4. The molecule has 4 aromatic carbocycles. The molecule has 0 unspecified atom stereocenters. The second-order valence-electron chi connectivity index (χ2n) is 21.3. The van der Waals surface area contributed by atoms with Gasteiger partial charge in [0.05, 0.1) is 54.9 Å². The van der Waals surface area contributed by atoms with Crippen molar-refractivity contribution in [2.24, 2.45) is 10.3 Å². The number of amides is 2. The van der Waals surface area contributed by atoms with Crippen LogP contribution in [0.25, 0.3) is 44.3 Å². The second-order valence-corrected chi connectivity index (χ2v) is 24.0. The minimum atomic E-state index is -3.75. The molecule has 2 aromatic heterocycles. The van der Waals surface area contributed by atoms with Crippen LogP contribution < -0.4 is 69.4 Å². The molecule has 2 fully saturated rings. The van der Waals surface area contributed by atoms with Gasteiger partial charge in [-0.05, 0) is 147 Å². The molecule has 0 aliphatic heterocycles. The van der Waals surface area contributed by atoms with E-state index < -0.39 is 32.4 Å². The van der Waals surface area contributed by atoms with Crippen LogP contribution in [0.5, 0.6) is 11.5 Å². The van der Waals surface area contributed by atoms with Crippen LogP contribution in [-0.4, -0.2) is 158 Å². The van der Waals surface area contributed by atoms with Crippen LogP contribution in [0.2, 0.25) is 0 Å². The SMILES string of the molecule is COC(=O)c1ccc2c(C3CCCCC3)c(-c3ccc(OC)cc3)n(CC(=O)NCCN(C)CCNS(N)(=O)=O)c2c1.COc1ccc(-c2c(C3CCCCC3)c3ccc(C(=O)O)cc3n2CC(=O)NCCN(C)CCNS(N)(=O)=O)cc1.[Na+].[OH-]. The van der Waals surface area contributed by atoms with Crippen molar-refractivity contribution in [3.8, 4) is 34.0 Å². The van der Waals surface area contributed by atoms with Gasteiger partial charge in [0.25, 0.3) is 20.4 Å². The second kappa shape index (κ2) is 32.7. The number of esters is 1. The van der Waals surface area contributed by atoms with Crippen molar-refractivity contribution in [3.63, 3.8) is 0 Å². The first-order valence-corrected chi connectivity index (χ1v) is 31.2. The number of hydrogen-bond donors (Lipinski definition) is 7. The molecule has 2 aliphatic rings. The van der Waals surface area contributed by atoms with E-state index in [2.05, 4.69) is 20.1 Å². The number of carbonyl (C=O) groups excluding carboxylic acids is 3. The number of carbonyl (C=O) groups is 4. The Kier molecular flexibility index (Phi) is 26.9. The fraction of sp³-hybridized carbons (Fsp3) is 0.458. The average Bonchev–Trinajstić information content (AvgIpc) is 1.96. The van der Waals surface area contributed by atoms with Crippen LogP contribution in [0.1, 0.15) is 108 Å². The number of aromatic carboxylic acids is 1. The number of ether oxygens (including phenoxy) is 3. The summed E-state index contributed by atoms with van der Waals surface area (Å²) in [6.07, 6.45) is 11.2. The number of methoxy groups -OCH3 is 3. The zero-order chi connectivity index (χ0) is 59.8. The maximum Gasteiger partial charge on any atom is 1.00 e. The van der Waals surface area contributed by atoms with Crippen molar-refractivity contribution in [2.45, 2.75) is 89.1 Å². The fourth-order valence-corrected chi connectivity index (χ4v) is 12.1. The first-order chi connectivity index (χ1) is 39.7. The molecule has 458 valence electrons. The molecule has 6 aromatic rings. The van der Waals surface area contributed by atoms with E-state index >= 15 is 0 Å². The number of hydrogen-bond acceptors (Lipinski definition) is 14. The molecule has 2 saturated carbocycles.